The third kappa shape index (κ3) is 2.78. The number of rotatable bonds is 3. The molecule has 0 heterocycles. The molecule has 72 valence electrons. The molecule has 0 bridgehead atoms. The zero-order valence-corrected chi connectivity index (χ0v) is 7.63. The van der Waals surface area contributed by atoms with Crippen LogP contribution >= 0.6 is 0 Å². The van der Waals surface area contributed by atoms with Gasteiger partial charge in [-0.2, -0.15) is 0 Å². The van der Waals surface area contributed by atoms with Crippen molar-refractivity contribution in [2.45, 2.75) is 12.4 Å². The van der Waals surface area contributed by atoms with Gasteiger partial charge in [0.25, 0.3) is 0 Å². The summed E-state index contributed by atoms with van der Waals surface area (Å²) in [6.07, 6.45) is 0. The van der Waals surface area contributed by atoms with Gasteiger partial charge in [0.1, 0.15) is 16.5 Å². The zero-order valence-electron chi connectivity index (χ0n) is 6.74. The van der Waals surface area contributed by atoms with E-state index < -0.39 is 16.5 Å². The summed E-state index contributed by atoms with van der Waals surface area (Å²) in [6, 6.07) is 3.91. The lowest BCUT2D eigenvalue weighted by molar-refractivity contribution is 0.281. The summed E-state index contributed by atoms with van der Waals surface area (Å²) in [5.74, 6) is -0.883. The molecule has 0 fully saturated rings. The molecule has 0 amide bonds. The van der Waals surface area contributed by atoms with Gasteiger partial charge in [0.05, 0.1) is 12.4 Å². The molecule has 0 aliphatic rings. The molecule has 1 aromatic carbocycles. The molecule has 5 heteroatoms. The van der Waals surface area contributed by atoms with E-state index in [1.54, 1.807) is 0 Å². The quantitative estimate of drug-likeness (QED) is 0.702. The standard InChI is InChI=1S/C8H9FO3S/c9-8-2-1-6(4-10)3-7(8)5-13(11)12/h1-3,10,13H,4-5H2. The third-order valence-electron chi connectivity index (χ3n) is 1.59. The van der Waals surface area contributed by atoms with Crippen LogP contribution in [0.3, 0.4) is 0 Å². The minimum absolute atomic E-state index is 0.0997. The number of thiol groups is 1. The lowest BCUT2D eigenvalue weighted by Crippen LogP contribution is -1.94. The Bertz CT molecular complexity index is 366. The van der Waals surface area contributed by atoms with Crippen molar-refractivity contribution in [2.24, 2.45) is 0 Å². The van der Waals surface area contributed by atoms with Gasteiger partial charge >= 0.3 is 0 Å². The van der Waals surface area contributed by atoms with Gasteiger partial charge in [-0.15, -0.1) is 0 Å². The van der Waals surface area contributed by atoms with E-state index in [-0.39, 0.29) is 17.9 Å². The number of hydrogen-bond acceptors (Lipinski definition) is 3. The first kappa shape index (κ1) is 10.1. The van der Waals surface area contributed by atoms with E-state index in [0.29, 0.717) is 5.56 Å². The number of aliphatic hydroxyl groups excluding tert-OH is 1. The molecule has 0 saturated carbocycles. The van der Waals surface area contributed by atoms with Crippen LogP contribution in [0.4, 0.5) is 4.39 Å². The van der Waals surface area contributed by atoms with E-state index in [0.717, 1.165) is 6.07 Å². The van der Waals surface area contributed by atoms with Gasteiger partial charge < -0.3 is 5.11 Å². The van der Waals surface area contributed by atoms with Crippen molar-refractivity contribution in [1.82, 2.24) is 0 Å². The van der Waals surface area contributed by atoms with E-state index in [9.17, 15) is 12.8 Å². The van der Waals surface area contributed by atoms with Crippen LogP contribution in [0.1, 0.15) is 11.1 Å². The normalized spacial score (nSPS) is 10.7. The highest BCUT2D eigenvalue weighted by Gasteiger charge is 2.03. The summed E-state index contributed by atoms with van der Waals surface area (Å²) in [7, 11) is -2.63. The third-order valence-corrected chi connectivity index (χ3v) is 2.19. The number of benzene rings is 1. The average Bonchev–Trinajstić information content (AvgIpc) is 2.08. The predicted octanol–water partition coefficient (Wildman–Crippen LogP) is 0.429. The summed E-state index contributed by atoms with van der Waals surface area (Å²) in [5.41, 5.74) is 0.607. The average molecular weight is 204 g/mol. The second-order valence-corrected chi connectivity index (χ2v) is 3.56. The summed E-state index contributed by atoms with van der Waals surface area (Å²) in [4.78, 5) is 0. The molecule has 1 rings (SSSR count). The first-order valence-electron chi connectivity index (χ1n) is 3.63. The Labute approximate surface area is 76.8 Å². The predicted molar refractivity (Wildman–Crippen MR) is 46.3 cm³/mol. The first-order valence-corrected chi connectivity index (χ1v) is 4.99. The van der Waals surface area contributed by atoms with Crippen LogP contribution in [-0.4, -0.2) is 13.5 Å². The molecular formula is C8H9FO3S. The molecule has 0 aromatic heterocycles. The van der Waals surface area contributed by atoms with E-state index in [1.807, 2.05) is 0 Å². The molecule has 0 aliphatic heterocycles. The number of aliphatic hydroxyl groups is 1. The van der Waals surface area contributed by atoms with Crippen LogP contribution in [0.15, 0.2) is 18.2 Å². The van der Waals surface area contributed by atoms with Crippen LogP contribution in [-0.2, 0) is 23.1 Å². The molecule has 1 aromatic rings. The van der Waals surface area contributed by atoms with Gasteiger partial charge in [-0.05, 0) is 17.7 Å². The highest BCUT2D eigenvalue weighted by atomic mass is 32.2. The van der Waals surface area contributed by atoms with Gasteiger partial charge in [-0.3, -0.25) is 0 Å². The maximum Gasteiger partial charge on any atom is 0.144 e. The topological polar surface area (TPSA) is 54.4 Å². The van der Waals surface area contributed by atoms with E-state index in [2.05, 4.69) is 0 Å². The smallest absolute Gasteiger partial charge is 0.144 e. The lowest BCUT2D eigenvalue weighted by Gasteiger charge is -2.00. The van der Waals surface area contributed by atoms with Crippen molar-refractivity contribution in [3.8, 4) is 0 Å². The van der Waals surface area contributed by atoms with Gasteiger partial charge in [0.2, 0.25) is 0 Å². The largest absolute Gasteiger partial charge is 0.392 e. The van der Waals surface area contributed by atoms with E-state index in [4.69, 9.17) is 5.11 Å². The second kappa shape index (κ2) is 4.34. The Morgan fingerprint density at radius 3 is 2.62 bits per heavy atom. The molecule has 13 heavy (non-hydrogen) atoms. The summed E-state index contributed by atoms with van der Waals surface area (Å²) in [5, 5.41) is 8.71. The molecule has 0 atom stereocenters. The van der Waals surface area contributed by atoms with Crippen LogP contribution in [0, 0.1) is 5.82 Å². The summed E-state index contributed by atoms with van der Waals surface area (Å²) < 4.78 is 33.6. The Morgan fingerprint density at radius 2 is 2.08 bits per heavy atom. The van der Waals surface area contributed by atoms with Crippen LogP contribution < -0.4 is 0 Å². The van der Waals surface area contributed by atoms with Crippen molar-refractivity contribution in [3.05, 3.63) is 35.1 Å². The Hall–Kier alpha value is -0.940. The Balaban J connectivity index is 3.03. The second-order valence-electron chi connectivity index (χ2n) is 2.57. The summed E-state index contributed by atoms with van der Waals surface area (Å²) >= 11 is 0. The molecule has 0 spiro atoms. The Kier molecular flexibility index (Phi) is 3.39. The minimum atomic E-state index is -2.63. The lowest BCUT2D eigenvalue weighted by atomic mass is 10.1. The fourth-order valence-electron chi connectivity index (χ4n) is 0.987. The van der Waals surface area contributed by atoms with Crippen molar-refractivity contribution in [3.63, 3.8) is 0 Å². The maximum absolute atomic E-state index is 12.9. The SMILES string of the molecule is O=[SH](=O)Cc1cc(CO)ccc1F. The molecular weight excluding hydrogens is 195 g/mol. The first-order chi connectivity index (χ1) is 6.13. The van der Waals surface area contributed by atoms with Crippen LogP contribution in [0.2, 0.25) is 0 Å². The number of halogens is 1. The molecule has 1 N–H and O–H groups in total. The molecule has 0 aliphatic carbocycles. The molecule has 0 radical (unpaired) electrons. The molecule has 0 unspecified atom stereocenters. The monoisotopic (exact) mass is 204 g/mol. The van der Waals surface area contributed by atoms with Crippen molar-refractivity contribution < 1.29 is 17.9 Å². The highest BCUT2D eigenvalue weighted by Crippen LogP contribution is 2.11. The van der Waals surface area contributed by atoms with E-state index in [1.165, 1.54) is 12.1 Å². The van der Waals surface area contributed by atoms with Gasteiger partial charge in [-0.1, -0.05) is 6.07 Å². The molecule has 3 nitrogen and oxygen atoms in total. The highest BCUT2D eigenvalue weighted by molar-refractivity contribution is 7.71. The van der Waals surface area contributed by atoms with Crippen molar-refractivity contribution in [2.75, 3.05) is 0 Å². The van der Waals surface area contributed by atoms with Crippen molar-refractivity contribution in [1.29, 1.82) is 0 Å². The van der Waals surface area contributed by atoms with Crippen LogP contribution in [0.25, 0.3) is 0 Å². The Morgan fingerprint density at radius 1 is 1.38 bits per heavy atom. The zero-order chi connectivity index (χ0) is 9.84. The van der Waals surface area contributed by atoms with Gasteiger partial charge in [0.15, 0.2) is 0 Å². The summed E-state index contributed by atoms with van der Waals surface area (Å²) in [6.45, 7) is -0.219. The van der Waals surface area contributed by atoms with E-state index >= 15 is 0 Å². The van der Waals surface area contributed by atoms with Gasteiger partial charge in [0, 0.05) is 5.56 Å². The fourth-order valence-corrected chi connectivity index (χ4v) is 1.51. The maximum atomic E-state index is 12.9. The van der Waals surface area contributed by atoms with Crippen LogP contribution in [0.5, 0.6) is 0 Å². The van der Waals surface area contributed by atoms with Crippen molar-refractivity contribution >= 4 is 10.7 Å². The fraction of sp³-hybridized carbons (Fsp3) is 0.250. The number of hydrogen-bond donors (Lipinski definition) is 2. The van der Waals surface area contributed by atoms with Gasteiger partial charge in [-0.25, -0.2) is 12.8 Å². The minimum Gasteiger partial charge on any atom is -0.392 e. The molecule has 0 saturated heterocycles.